The molecule has 1 nitrogen and oxygen atoms in total. The van der Waals surface area contributed by atoms with Gasteiger partial charge in [-0.15, -0.1) is 0 Å². The molecule has 0 aromatic carbocycles. The van der Waals surface area contributed by atoms with E-state index >= 15 is 0 Å². The van der Waals surface area contributed by atoms with Crippen LogP contribution in [0.2, 0.25) is 0 Å². The van der Waals surface area contributed by atoms with Crippen molar-refractivity contribution in [2.24, 2.45) is 0 Å². The summed E-state index contributed by atoms with van der Waals surface area (Å²) in [5.41, 5.74) is 0. The smallest absolute Gasteiger partial charge is 0.00474 e. The molecule has 0 atom stereocenters. The highest BCUT2D eigenvalue weighted by Crippen LogP contribution is 1.81. The molecule has 0 N–H and O–H groups in total. The zero-order valence-corrected chi connectivity index (χ0v) is 8.72. The van der Waals surface area contributed by atoms with Crippen molar-refractivity contribution in [2.75, 3.05) is 19.6 Å². The lowest BCUT2D eigenvalue weighted by Gasteiger charge is -2.13. The SMILES string of the molecule is C/C=C/C.CCN(CC)CC. The van der Waals surface area contributed by atoms with E-state index in [1.165, 1.54) is 19.6 Å². The van der Waals surface area contributed by atoms with Gasteiger partial charge in [-0.05, 0) is 33.5 Å². The third-order valence-corrected chi connectivity index (χ3v) is 1.67. The highest BCUT2D eigenvalue weighted by atomic mass is 15.1. The fourth-order valence-electron chi connectivity index (χ4n) is 0.671. The number of hydrogen-bond donors (Lipinski definition) is 0. The van der Waals surface area contributed by atoms with Crippen molar-refractivity contribution in [1.29, 1.82) is 0 Å². The van der Waals surface area contributed by atoms with Gasteiger partial charge in [0, 0.05) is 0 Å². The number of nitrogens with zero attached hydrogens (tertiary/aromatic N) is 1. The van der Waals surface area contributed by atoms with Crippen LogP contribution >= 0.6 is 0 Å². The number of rotatable bonds is 3. The molecule has 0 fully saturated rings. The zero-order valence-electron chi connectivity index (χ0n) is 8.72. The van der Waals surface area contributed by atoms with Crippen LogP contribution in [0.3, 0.4) is 0 Å². The van der Waals surface area contributed by atoms with Gasteiger partial charge < -0.3 is 4.90 Å². The monoisotopic (exact) mass is 157 g/mol. The molecule has 1 heteroatoms. The van der Waals surface area contributed by atoms with Crippen LogP contribution in [0.15, 0.2) is 12.2 Å². The lowest BCUT2D eigenvalue weighted by molar-refractivity contribution is 0.321. The normalized spacial score (nSPS) is 10.0. The van der Waals surface area contributed by atoms with Crippen molar-refractivity contribution in [3.63, 3.8) is 0 Å². The molecule has 11 heavy (non-hydrogen) atoms. The second-order valence-corrected chi connectivity index (χ2v) is 2.29. The molecule has 0 saturated heterocycles. The first-order valence-corrected chi connectivity index (χ1v) is 4.56. The third kappa shape index (κ3) is 12.8. The molecule has 0 aromatic rings. The summed E-state index contributed by atoms with van der Waals surface area (Å²) < 4.78 is 0. The van der Waals surface area contributed by atoms with Crippen molar-refractivity contribution < 1.29 is 0 Å². The Morgan fingerprint density at radius 3 is 1.09 bits per heavy atom. The van der Waals surface area contributed by atoms with Gasteiger partial charge in [-0.2, -0.15) is 0 Å². The molecule has 0 rings (SSSR count). The molecule has 0 saturated carbocycles. The summed E-state index contributed by atoms with van der Waals surface area (Å²) in [6.07, 6.45) is 4.00. The van der Waals surface area contributed by atoms with Crippen molar-refractivity contribution in [1.82, 2.24) is 4.90 Å². The Hall–Kier alpha value is -0.300. The Morgan fingerprint density at radius 1 is 0.818 bits per heavy atom. The van der Waals surface area contributed by atoms with Crippen LogP contribution in [-0.4, -0.2) is 24.5 Å². The van der Waals surface area contributed by atoms with Crippen LogP contribution in [0, 0.1) is 0 Å². The van der Waals surface area contributed by atoms with E-state index in [2.05, 4.69) is 25.7 Å². The minimum Gasteiger partial charge on any atom is -0.304 e. The lowest BCUT2D eigenvalue weighted by Crippen LogP contribution is -2.21. The summed E-state index contributed by atoms with van der Waals surface area (Å²) in [5.74, 6) is 0. The minimum atomic E-state index is 1.19. The molecule has 0 bridgehead atoms. The molecular formula is C10H23N. The van der Waals surface area contributed by atoms with E-state index in [-0.39, 0.29) is 0 Å². The van der Waals surface area contributed by atoms with Crippen LogP contribution in [0.1, 0.15) is 34.6 Å². The molecule has 0 spiro atoms. The zero-order chi connectivity index (χ0) is 9.11. The van der Waals surface area contributed by atoms with Gasteiger partial charge in [0.15, 0.2) is 0 Å². The summed E-state index contributed by atoms with van der Waals surface area (Å²) >= 11 is 0. The minimum absolute atomic E-state index is 1.19. The topological polar surface area (TPSA) is 3.24 Å². The van der Waals surface area contributed by atoms with Crippen molar-refractivity contribution in [2.45, 2.75) is 34.6 Å². The Balaban J connectivity index is 0. The molecule has 0 heterocycles. The van der Waals surface area contributed by atoms with E-state index in [1.54, 1.807) is 0 Å². The summed E-state index contributed by atoms with van der Waals surface area (Å²) in [5, 5.41) is 0. The van der Waals surface area contributed by atoms with Crippen LogP contribution < -0.4 is 0 Å². The largest absolute Gasteiger partial charge is 0.304 e. The molecule has 0 amide bonds. The average Bonchev–Trinajstić information content (AvgIpc) is 2.08. The average molecular weight is 157 g/mol. The molecule has 0 aliphatic rings. The maximum atomic E-state index is 2.38. The van der Waals surface area contributed by atoms with E-state index in [9.17, 15) is 0 Å². The number of allylic oxidation sites excluding steroid dienone is 2. The Labute approximate surface area is 72.1 Å². The van der Waals surface area contributed by atoms with Gasteiger partial charge in [0.05, 0.1) is 0 Å². The van der Waals surface area contributed by atoms with E-state index in [0.717, 1.165) is 0 Å². The predicted octanol–water partition coefficient (Wildman–Crippen LogP) is 2.93. The quantitative estimate of drug-likeness (QED) is 0.569. The van der Waals surface area contributed by atoms with Crippen LogP contribution in [0.4, 0.5) is 0 Å². The van der Waals surface area contributed by atoms with E-state index in [1.807, 2.05) is 26.0 Å². The second kappa shape index (κ2) is 12.4. The maximum absolute atomic E-state index is 2.38. The predicted molar refractivity (Wildman–Crippen MR) is 54.0 cm³/mol. The van der Waals surface area contributed by atoms with Crippen molar-refractivity contribution in [3.8, 4) is 0 Å². The van der Waals surface area contributed by atoms with Gasteiger partial charge >= 0.3 is 0 Å². The molecular weight excluding hydrogens is 134 g/mol. The van der Waals surface area contributed by atoms with Gasteiger partial charge in [-0.1, -0.05) is 32.9 Å². The van der Waals surface area contributed by atoms with Gasteiger partial charge in [-0.25, -0.2) is 0 Å². The highest BCUT2D eigenvalue weighted by molar-refractivity contribution is 4.68. The molecule has 0 radical (unpaired) electrons. The van der Waals surface area contributed by atoms with Gasteiger partial charge in [0.1, 0.15) is 0 Å². The van der Waals surface area contributed by atoms with Gasteiger partial charge in [-0.3, -0.25) is 0 Å². The fourth-order valence-corrected chi connectivity index (χ4v) is 0.671. The maximum Gasteiger partial charge on any atom is -0.00474 e. The first kappa shape index (κ1) is 13.3. The molecule has 68 valence electrons. The summed E-state index contributed by atoms with van der Waals surface area (Å²) in [6.45, 7) is 14.1. The molecule has 0 aliphatic heterocycles. The van der Waals surface area contributed by atoms with Crippen LogP contribution in [0.5, 0.6) is 0 Å². The van der Waals surface area contributed by atoms with Crippen molar-refractivity contribution in [3.05, 3.63) is 12.2 Å². The second-order valence-electron chi connectivity index (χ2n) is 2.29. The molecule has 0 aromatic heterocycles. The van der Waals surface area contributed by atoms with Crippen LogP contribution in [0.25, 0.3) is 0 Å². The fraction of sp³-hybridized carbons (Fsp3) is 0.800. The van der Waals surface area contributed by atoms with E-state index in [0.29, 0.717) is 0 Å². The third-order valence-electron chi connectivity index (χ3n) is 1.67. The first-order chi connectivity index (χ1) is 5.26. The Kier molecular flexibility index (Phi) is 15.0. The highest BCUT2D eigenvalue weighted by Gasteiger charge is 1.89. The van der Waals surface area contributed by atoms with Crippen molar-refractivity contribution >= 4 is 0 Å². The first-order valence-electron chi connectivity index (χ1n) is 4.56. The summed E-state index contributed by atoms with van der Waals surface area (Å²) in [4.78, 5) is 2.38. The van der Waals surface area contributed by atoms with E-state index < -0.39 is 0 Å². The van der Waals surface area contributed by atoms with Gasteiger partial charge in [0.2, 0.25) is 0 Å². The molecule has 0 unspecified atom stereocenters. The Morgan fingerprint density at radius 2 is 1.09 bits per heavy atom. The summed E-state index contributed by atoms with van der Waals surface area (Å²) in [7, 11) is 0. The van der Waals surface area contributed by atoms with Crippen LogP contribution in [-0.2, 0) is 0 Å². The lowest BCUT2D eigenvalue weighted by atomic mass is 10.5. The number of hydrogen-bond acceptors (Lipinski definition) is 1. The standard InChI is InChI=1S/C6H15N.C4H8/c1-4-7(5-2)6-3;1-3-4-2/h4-6H2,1-3H3;3-4H,1-2H3/b;4-3+. The Bertz CT molecular complexity index is 63.4. The summed E-state index contributed by atoms with van der Waals surface area (Å²) in [6, 6.07) is 0. The molecule has 0 aliphatic carbocycles. The van der Waals surface area contributed by atoms with E-state index in [4.69, 9.17) is 0 Å². The van der Waals surface area contributed by atoms with Gasteiger partial charge in [0.25, 0.3) is 0 Å².